The van der Waals surface area contributed by atoms with Crippen molar-refractivity contribution in [2.75, 3.05) is 0 Å². The van der Waals surface area contributed by atoms with E-state index in [-0.39, 0.29) is 4.13 Å². The normalized spacial score (nSPS) is 17.7. The highest BCUT2D eigenvalue weighted by Gasteiger charge is 2.55. The number of halogens is 6. The molecule has 0 aliphatic rings. The zero-order valence-electron chi connectivity index (χ0n) is 6.37. The summed E-state index contributed by atoms with van der Waals surface area (Å²) >= 11 is 0. The molecular formula is C2H5F6NO4S2. The topological polar surface area (TPSA) is 93.0 Å². The Morgan fingerprint density at radius 1 is 0.667 bits per heavy atom. The summed E-state index contributed by atoms with van der Waals surface area (Å²) in [7, 11) is -11.9. The van der Waals surface area contributed by atoms with Gasteiger partial charge in [-0.25, -0.2) is 0 Å². The molecule has 0 aliphatic heterocycles. The average molecular weight is 285 g/mol. The molecule has 5 N–H and O–H groups in total. The molecule has 0 unspecified atom stereocenters. The van der Waals surface area contributed by atoms with E-state index in [0.717, 1.165) is 0 Å². The highest BCUT2D eigenvalue weighted by atomic mass is 32.3. The minimum absolute atomic E-state index is 0.0486. The predicted molar refractivity (Wildman–Crippen MR) is 40.9 cm³/mol. The monoisotopic (exact) mass is 285 g/mol. The highest BCUT2D eigenvalue weighted by Crippen LogP contribution is 2.63. The van der Waals surface area contributed by atoms with Gasteiger partial charge in [0.15, 0.2) is 0 Å². The molecule has 0 fully saturated rings. The van der Waals surface area contributed by atoms with E-state index in [0.29, 0.717) is 0 Å². The maximum Gasteiger partial charge on any atom is 0.511 e. The number of alkyl halides is 6. The van der Waals surface area contributed by atoms with Gasteiger partial charge in [-0.1, -0.05) is 0 Å². The van der Waals surface area contributed by atoms with E-state index in [1.54, 1.807) is 0 Å². The number of nitrogens with one attached hydrogen (secondary N) is 1. The molecule has 0 bridgehead atoms. The molecular weight excluding hydrogens is 280 g/mol. The van der Waals surface area contributed by atoms with Crippen molar-refractivity contribution >= 4 is 21.6 Å². The Balaban J connectivity index is 4.89. The van der Waals surface area contributed by atoms with Crippen molar-refractivity contribution in [3.63, 3.8) is 0 Å². The summed E-state index contributed by atoms with van der Waals surface area (Å²) in [6.07, 6.45) is 0. The van der Waals surface area contributed by atoms with Crippen molar-refractivity contribution in [3.05, 3.63) is 0 Å². The van der Waals surface area contributed by atoms with E-state index in [1.807, 2.05) is 0 Å². The molecule has 0 radical (unpaired) electrons. The van der Waals surface area contributed by atoms with Gasteiger partial charge in [-0.05, 0) is 21.6 Å². The molecule has 0 saturated carbocycles. The lowest BCUT2D eigenvalue weighted by molar-refractivity contribution is -0.0585. The predicted octanol–water partition coefficient (Wildman–Crippen LogP) is 2.95. The Hall–Kier alpha value is 0.0800. The second-order valence-electron chi connectivity index (χ2n) is 2.07. The maximum absolute atomic E-state index is 11.7. The number of hydrogen-bond donors (Lipinski definition) is 5. The van der Waals surface area contributed by atoms with Crippen LogP contribution in [-0.4, -0.2) is 29.2 Å². The van der Waals surface area contributed by atoms with E-state index in [9.17, 15) is 26.3 Å². The summed E-state index contributed by atoms with van der Waals surface area (Å²) in [5.74, 6) is 0. The third kappa shape index (κ3) is 3.54. The molecule has 13 heteroatoms. The molecule has 15 heavy (non-hydrogen) atoms. The molecule has 0 aromatic rings. The third-order valence-corrected chi connectivity index (χ3v) is 4.03. The van der Waals surface area contributed by atoms with Crippen LogP contribution in [0.2, 0.25) is 0 Å². The first-order valence-electron chi connectivity index (χ1n) is 2.68. The van der Waals surface area contributed by atoms with Gasteiger partial charge in [0.1, 0.15) is 0 Å². The fraction of sp³-hybridized carbons (Fsp3) is 1.00. The molecule has 0 amide bonds. The van der Waals surface area contributed by atoms with Gasteiger partial charge in [-0.3, -0.25) is 18.2 Å². The first-order valence-corrected chi connectivity index (χ1v) is 5.77. The maximum atomic E-state index is 11.7. The molecule has 0 rings (SSSR count). The highest BCUT2D eigenvalue weighted by molar-refractivity contribution is 8.37. The van der Waals surface area contributed by atoms with Crippen LogP contribution in [0.25, 0.3) is 0 Å². The summed E-state index contributed by atoms with van der Waals surface area (Å²) < 4.78 is 102. The van der Waals surface area contributed by atoms with Crippen LogP contribution in [0.3, 0.4) is 0 Å². The Labute approximate surface area is 82.0 Å². The van der Waals surface area contributed by atoms with E-state index in [2.05, 4.69) is 0 Å². The lowest BCUT2D eigenvalue weighted by Gasteiger charge is -2.43. The molecule has 0 spiro atoms. The summed E-state index contributed by atoms with van der Waals surface area (Å²) in [5, 5.41) is 0. The summed E-state index contributed by atoms with van der Waals surface area (Å²) in [6.45, 7) is 0. The molecule has 5 nitrogen and oxygen atoms in total. The standard InChI is InChI=1S/C2H5F6NO4S2/c3-1(4,5)14(10,11)9-15(12,13)2(6,7)8/h9-13H. The van der Waals surface area contributed by atoms with Crippen LogP contribution >= 0.6 is 21.6 Å². The van der Waals surface area contributed by atoms with Gasteiger partial charge in [0, 0.05) is 0 Å². The van der Waals surface area contributed by atoms with E-state index >= 15 is 0 Å². The van der Waals surface area contributed by atoms with Gasteiger partial charge in [-0.2, -0.15) is 26.3 Å². The van der Waals surface area contributed by atoms with Crippen molar-refractivity contribution in [1.82, 2.24) is 4.13 Å². The van der Waals surface area contributed by atoms with Crippen LogP contribution in [0.15, 0.2) is 0 Å². The minimum atomic E-state index is -5.97. The largest absolute Gasteiger partial charge is 0.511 e. The summed E-state index contributed by atoms with van der Waals surface area (Å²) in [4.78, 5) is 0. The molecule has 0 saturated heterocycles. The van der Waals surface area contributed by atoms with Gasteiger partial charge in [0.05, 0.1) is 0 Å². The van der Waals surface area contributed by atoms with Crippen molar-refractivity contribution in [2.45, 2.75) is 11.0 Å². The van der Waals surface area contributed by atoms with Gasteiger partial charge >= 0.3 is 11.0 Å². The Bertz CT molecular complexity index is 212. The van der Waals surface area contributed by atoms with E-state index < -0.39 is 32.6 Å². The van der Waals surface area contributed by atoms with E-state index in [1.165, 1.54) is 0 Å². The van der Waals surface area contributed by atoms with Crippen molar-refractivity contribution < 1.29 is 44.6 Å². The molecule has 0 aromatic heterocycles. The van der Waals surface area contributed by atoms with Crippen LogP contribution in [0, 0.1) is 0 Å². The Morgan fingerprint density at radius 3 is 1.00 bits per heavy atom. The minimum Gasteiger partial charge on any atom is -0.278 e. The Kier molecular flexibility index (Phi) is 3.85. The molecule has 0 aliphatic carbocycles. The fourth-order valence-corrected chi connectivity index (χ4v) is 2.31. The zero-order chi connectivity index (χ0) is 12.7. The summed E-state index contributed by atoms with van der Waals surface area (Å²) in [6, 6.07) is 0. The van der Waals surface area contributed by atoms with Crippen molar-refractivity contribution in [1.29, 1.82) is 0 Å². The number of rotatable bonds is 2. The molecule has 0 atom stereocenters. The molecule has 96 valence electrons. The molecule has 0 heterocycles. The van der Waals surface area contributed by atoms with Crippen molar-refractivity contribution in [3.8, 4) is 0 Å². The van der Waals surface area contributed by atoms with Gasteiger partial charge in [-0.15, -0.1) is 4.13 Å². The van der Waals surface area contributed by atoms with Gasteiger partial charge < -0.3 is 0 Å². The second-order valence-corrected chi connectivity index (χ2v) is 5.86. The van der Waals surface area contributed by atoms with Gasteiger partial charge in [0.2, 0.25) is 0 Å². The lowest BCUT2D eigenvalue weighted by atomic mass is 11.6. The fourth-order valence-electron chi connectivity index (χ4n) is 0.257. The summed E-state index contributed by atoms with van der Waals surface area (Å²) in [5.41, 5.74) is -11.7. The first-order chi connectivity index (χ1) is 6.21. The number of hydrogen-bond acceptors (Lipinski definition) is 5. The van der Waals surface area contributed by atoms with Crippen LogP contribution in [0.1, 0.15) is 0 Å². The lowest BCUT2D eigenvalue weighted by Crippen LogP contribution is -2.39. The van der Waals surface area contributed by atoms with Gasteiger partial charge in [0.25, 0.3) is 0 Å². The van der Waals surface area contributed by atoms with Crippen LogP contribution in [0.4, 0.5) is 26.3 Å². The van der Waals surface area contributed by atoms with Crippen LogP contribution in [0.5, 0.6) is 0 Å². The van der Waals surface area contributed by atoms with Crippen LogP contribution in [-0.2, 0) is 0 Å². The zero-order valence-corrected chi connectivity index (χ0v) is 8.01. The Morgan fingerprint density at radius 2 is 0.867 bits per heavy atom. The SMILES string of the molecule is OS(O)(NS(O)(O)C(F)(F)F)C(F)(F)F. The smallest absolute Gasteiger partial charge is 0.278 e. The van der Waals surface area contributed by atoms with Crippen LogP contribution < -0.4 is 4.13 Å². The third-order valence-electron chi connectivity index (χ3n) is 0.878. The first kappa shape index (κ1) is 15.1. The second kappa shape index (κ2) is 3.83. The quantitative estimate of drug-likeness (QED) is 0.503. The molecule has 0 aromatic carbocycles. The average Bonchev–Trinajstić information content (AvgIpc) is 1.77. The van der Waals surface area contributed by atoms with Crippen molar-refractivity contribution in [2.24, 2.45) is 0 Å². The van der Waals surface area contributed by atoms with E-state index in [4.69, 9.17) is 18.2 Å².